The molecule has 2 aromatic carbocycles. The lowest BCUT2D eigenvalue weighted by atomic mass is 9.92. The second-order valence-electron chi connectivity index (χ2n) is 4.84. The molecule has 0 heterocycles. The second kappa shape index (κ2) is 7.06. The van der Waals surface area contributed by atoms with Crippen LogP contribution in [0.3, 0.4) is 0 Å². The van der Waals surface area contributed by atoms with Crippen LogP contribution in [0.15, 0.2) is 48.5 Å². The van der Waals surface area contributed by atoms with Crippen LogP contribution in [0.2, 0.25) is 0 Å². The number of halogens is 1. The predicted octanol–water partition coefficient (Wildman–Crippen LogP) is 3.38. The van der Waals surface area contributed by atoms with Crippen molar-refractivity contribution in [1.29, 1.82) is 0 Å². The molecule has 0 spiro atoms. The number of hydrogen-bond donors (Lipinski definition) is 1. The fourth-order valence-electron chi connectivity index (χ4n) is 2.40. The van der Waals surface area contributed by atoms with E-state index in [9.17, 15) is 4.39 Å². The van der Waals surface area contributed by atoms with Crippen molar-refractivity contribution in [3.8, 4) is 5.75 Å². The van der Waals surface area contributed by atoms with Crippen LogP contribution in [0.25, 0.3) is 0 Å². The molecule has 0 aliphatic carbocycles. The molecular formula is C17H20FNO. The van der Waals surface area contributed by atoms with Gasteiger partial charge in [0.2, 0.25) is 0 Å². The summed E-state index contributed by atoms with van der Waals surface area (Å²) < 4.78 is 18.7. The topological polar surface area (TPSA) is 21.3 Å². The summed E-state index contributed by atoms with van der Waals surface area (Å²) in [5.74, 6) is 0.314. The Hall–Kier alpha value is -1.87. The first-order valence-electron chi connectivity index (χ1n) is 6.76. The molecule has 0 saturated carbocycles. The Morgan fingerprint density at radius 1 is 1.15 bits per heavy atom. The van der Waals surface area contributed by atoms with Crippen LogP contribution >= 0.6 is 0 Å². The number of benzene rings is 2. The molecule has 3 heteroatoms. The van der Waals surface area contributed by atoms with Gasteiger partial charge in [0.1, 0.15) is 0 Å². The molecular weight excluding hydrogens is 253 g/mol. The normalized spacial score (nSPS) is 12.2. The number of hydrogen-bond acceptors (Lipinski definition) is 2. The number of methoxy groups -OCH3 is 1. The zero-order valence-corrected chi connectivity index (χ0v) is 11.9. The third kappa shape index (κ3) is 3.58. The molecule has 2 aromatic rings. The molecule has 0 bridgehead atoms. The lowest BCUT2D eigenvalue weighted by molar-refractivity contribution is 0.386. The summed E-state index contributed by atoms with van der Waals surface area (Å²) in [7, 11) is 3.41. The maximum absolute atomic E-state index is 13.7. The largest absolute Gasteiger partial charge is 0.494 e. The van der Waals surface area contributed by atoms with E-state index in [2.05, 4.69) is 17.4 Å². The summed E-state index contributed by atoms with van der Waals surface area (Å²) in [4.78, 5) is 0. The molecule has 0 fully saturated rings. The van der Waals surface area contributed by atoms with Gasteiger partial charge >= 0.3 is 0 Å². The maximum Gasteiger partial charge on any atom is 0.165 e. The van der Waals surface area contributed by atoms with Crippen molar-refractivity contribution in [3.05, 3.63) is 65.5 Å². The van der Waals surface area contributed by atoms with Crippen LogP contribution in [0.5, 0.6) is 5.75 Å². The van der Waals surface area contributed by atoms with Gasteiger partial charge in [-0.1, -0.05) is 36.4 Å². The summed E-state index contributed by atoms with van der Waals surface area (Å²) in [6, 6.07) is 15.5. The first-order valence-corrected chi connectivity index (χ1v) is 6.76. The third-order valence-corrected chi connectivity index (χ3v) is 3.42. The van der Waals surface area contributed by atoms with Gasteiger partial charge in [-0.15, -0.1) is 0 Å². The van der Waals surface area contributed by atoms with Gasteiger partial charge in [-0.3, -0.25) is 0 Å². The van der Waals surface area contributed by atoms with E-state index in [1.54, 1.807) is 12.1 Å². The van der Waals surface area contributed by atoms with Crippen LogP contribution in [-0.4, -0.2) is 20.7 Å². The maximum atomic E-state index is 13.7. The summed E-state index contributed by atoms with van der Waals surface area (Å²) in [6.45, 7) is 0.859. The minimum absolute atomic E-state index is 0.290. The SMILES string of the molecule is CNCC(Cc1ccc(OC)c(F)c1)c1ccccc1. The fraction of sp³-hybridized carbons (Fsp3) is 0.294. The molecule has 0 aromatic heterocycles. The van der Waals surface area contributed by atoms with Gasteiger partial charge in [0.15, 0.2) is 11.6 Å². The zero-order valence-electron chi connectivity index (χ0n) is 11.9. The van der Waals surface area contributed by atoms with Crippen molar-refractivity contribution in [2.45, 2.75) is 12.3 Å². The van der Waals surface area contributed by atoms with E-state index < -0.39 is 0 Å². The van der Waals surface area contributed by atoms with Crippen LogP contribution in [0.1, 0.15) is 17.0 Å². The Balaban J connectivity index is 2.18. The van der Waals surface area contributed by atoms with Gasteiger partial charge in [-0.05, 0) is 36.7 Å². The van der Waals surface area contributed by atoms with Crippen LogP contribution < -0.4 is 10.1 Å². The third-order valence-electron chi connectivity index (χ3n) is 3.42. The average molecular weight is 273 g/mol. The standard InChI is InChI=1S/C17H20FNO/c1-19-12-15(14-6-4-3-5-7-14)10-13-8-9-17(20-2)16(18)11-13/h3-9,11,15,19H,10,12H2,1-2H3. The summed E-state index contributed by atoms with van der Waals surface area (Å²) in [5, 5.41) is 3.21. The van der Waals surface area contributed by atoms with E-state index in [0.717, 1.165) is 18.5 Å². The van der Waals surface area contributed by atoms with E-state index in [4.69, 9.17) is 4.74 Å². The van der Waals surface area contributed by atoms with E-state index in [1.807, 2.05) is 31.3 Å². The summed E-state index contributed by atoms with van der Waals surface area (Å²) in [5.41, 5.74) is 2.24. The van der Waals surface area contributed by atoms with Gasteiger partial charge in [-0.2, -0.15) is 0 Å². The van der Waals surface area contributed by atoms with Crippen LogP contribution in [0.4, 0.5) is 4.39 Å². The van der Waals surface area contributed by atoms with E-state index in [1.165, 1.54) is 12.7 Å². The number of nitrogens with one attached hydrogen (secondary N) is 1. The van der Waals surface area contributed by atoms with E-state index >= 15 is 0 Å². The van der Waals surface area contributed by atoms with Crippen LogP contribution in [-0.2, 0) is 6.42 Å². The number of ether oxygens (including phenoxy) is 1. The predicted molar refractivity (Wildman–Crippen MR) is 79.8 cm³/mol. The molecule has 20 heavy (non-hydrogen) atoms. The Morgan fingerprint density at radius 2 is 1.90 bits per heavy atom. The van der Waals surface area contributed by atoms with Crippen molar-refractivity contribution >= 4 is 0 Å². The van der Waals surface area contributed by atoms with Crippen molar-refractivity contribution < 1.29 is 9.13 Å². The summed E-state index contributed by atoms with van der Waals surface area (Å²) >= 11 is 0. The minimum atomic E-state index is -0.304. The van der Waals surface area contributed by atoms with Gasteiger partial charge in [0.05, 0.1) is 7.11 Å². The van der Waals surface area contributed by atoms with Gasteiger partial charge in [0.25, 0.3) is 0 Å². The number of rotatable bonds is 6. The quantitative estimate of drug-likeness (QED) is 0.871. The van der Waals surface area contributed by atoms with Crippen molar-refractivity contribution in [1.82, 2.24) is 5.32 Å². The molecule has 0 amide bonds. The molecule has 0 saturated heterocycles. The highest BCUT2D eigenvalue weighted by Crippen LogP contribution is 2.23. The van der Waals surface area contributed by atoms with E-state index in [0.29, 0.717) is 11.7 Å². The molecule has 0 aliphatic rings. The fourth-order valence-corrected chi connectivity index (χ4v) is 2.40. The monoisotopic (exact) mass is 273 g/mol. The molecule has 2 nitrogen and oxygen atoms in total. The Kier molecular flexibility index (Phi) is 5.13. The minimum Gasteiger partial charge on any atom is -0.494 e. The summed E-state index contributed by atoms with van der Waals surface area (Å²) in [6.07, 6.45) is 0.797. The molecule has 1 unspecified atom stereocenters. The van der Waals surface area contributed by atoms with Crippen LogP contribution in [0, 0.1) is 5.82 Å². The van der Waals surface area contributed by atoms with Gasteiger partial charge in [0, 0.05) is 12.5 Å². The molecule has 106 valence electrons. The first kappa shape index (κ1) is 14.5. The first-order chi connectivity index (χ1) is 9.74. The molecule has 1 atom stereocenters. The zero-order chi connectivity index (χ0) is 14.4. The highest BCUT2D eigenvalue weighted by molar-refractivity contribution is 5.31. The number of likely N-dealkylation sites (N-methyl/N-ethyl adjacent to an activating group) is 1. The Morgan fingerprint density at radius 3 is 2.50 bits per heavy atom. The van der Waals surface area contributed by atoms with Crippen molar-refractivity contribution in [3.63, 3.8) is 0 Å². The Labute approximate surface area is 119 Å². The highest BCUT2D eigenvalue weighted by atomic mass is 19.1. The smallest absolute Gasteiger partial charge is 0.165 e. The van der Waals surface area contributed by atoms with Gasteiger partial charge in [-0.25, -0.2) is 4.39 Å². The van der Waals surface area contributed by atoms with E-state index in [-0.39, 0.29) is 5.82 Å². The molecule has 0 radical (unpaired) electrons. The van der Waals surface area contributed by atoms with Crippen molar-refractivity contribution in [2.75, 3.05) is 20.7 Å². The lowest BCUT2D eigenvalue weighted by Gasteiger charge is -2.17. The van der Waals surface area contributed by atoms with Crippen molar-refractivity contribution in [2.24, 2.45) is 0 Å². The second-order valence-corrected chi connectivity index (χ2v) is 4.84. The molecule has 0 aliphatic heterocycles. The Bertz CT molecular complexity index is 542. The highest BCUT2D eigenvalue weighted by Gasteiger charge is 2.13. The molecule has 2 rings (SSSR count). The lowest BCUT2D eigenvalue weighted by Crippen LogP contribution is -2.19. The van der Waals surface area contributed by atoms with Gasteiger partial charge < -0.3 is 10.1 Å². The molecule has 1 N–H and O–H groups in total. The average Bonchev–Trinajstić information content (AvgIpc) is 2.48.